The minimum absolute atomic E-state index is 0.0695. The van der Waals surface area contributed by atoms with Crippen LogP contribution >= 0.6 is 0 Å². The van der Waals surface area contributed by atoms with Crippen LogP contribution in [0.1, 0.15) is 39.2 Å². The van der Waals surface area contributed by atoms with Crippen LogP contribution in [-0.4, -0.2) is 23.1 Å². The minimum atomic E-state index is 0.0695. The molecule has 4 heteroatoms. The second-order valence-electron chi connectivity index (χ2n) is 5.22. The number of hydrogen-bond donors (Lipinski definition) is 2. The molecule has 0 aromatic carbocycles. The van der Waals surface area contributed by atoms with E-state index in [9.17, 15) is 0 Å². The molecule has 0 fully saturated rings. The highest BCUT2D eigenvalue weighted by Crippen LogP contribution is 2.15. The van der Waals surface area contributed by atoms with Crippen molar-refractivity contribution in [1.29, 1.82) is 0 Å². The zero-order valence-corrected chi connectivity index (χ0v) is 10.6. The number of nitrogens with one attached hydrogen (secondary N) is 1. The molecule has 0 radical (unpaired) electrons. The first kappa shape index (κ1) is 12.9. The van der Waals surface area contributed by atoms with Gasteiger partial charge in [-0.25, -0.2) is 9.97 Å². The minimum Gasteiger partial charge on any atom is -0.354 e. The lowest BCUT2D eigenvalue weighted by molar-refractivity contribution is 0.404. The third-order valence-corrected chi connectivity index (χ3v) is 2.62. The van der Waals surface area contributed by atoms with Crippen LogP contribution in [0.4, 0.5) is 5.95 Å². The SMILES string of the molecule is CC(C)c1cnc(NCC(C)(C)CN)nc1. The van der Waals surface area contributed by atoms with Crippen LogP contribution in [0.3, 0.4) is 0 Å². The Morgan fingerprint density at radius 2 is 1.88 bits per heavy atom. The average Bonchev–Trinajstić information content (AvgIpc) is 2.27. The fraction of sp³-hybridized carbons (Fsp3) is 0.667. The molecule has 0 aliphatic heterocycles. The predicted molar refractivity (Wildman–Crippen MR) is 67.4 cm³/mol. The lowest BCUT2D eigenvalue weighted by Gasteiger charge is -2.22. The number of rotatable bonds is 5. The molecule has 90 valence electrons. The Kier molecular flexibility index (Phi) is 4.24. The molecule has 0 aliphatic carbocycles. The molecule has 0 atom stereocenters. The maximum atomic E-state index is 5.65. The highest BCUT2D eigenvalue weighted by Gasteiger charge is 2.15. The van der Waals surface area contributed by atoms with Crippen LogP contribution in [0, 0.1) is 5.41 Å². The van der Waals surface area contributed by atoms with Gasteiger partial charge in [-0.15, -0.1) is 0 Å². The molecule has 0 spiro atoms. The van der Waals surface area contributed by atoms with Gasteiger partial charge < -0.3 is 11.1 Å². The fourth-order valence-electron chi connectivity index (χ4n) is 1.12. The largest absolute Gasteiger partial charge is 0.354 e. The Hall–Kier alpha value is -1.16. The molecule has 1 heterocycles. The van der Waals surface area contributed by atoms with Gasteiger partial charge >= 0.3 is 0 Å². The van der Waals surface area contributed by atoms with Gasteiger partial charge in [-0.1, -0.05) is 27.7 Å². The Balaban J connectivity index is 2.56. The van der Waals surface area contributed by atoms with Gasteiger partial charge in [0.1, 0.15) is 0 Å². The maximum absolute atomic E-state index is 5.65. The Morgan fingerprint density at radius 3 is 2.31 bits per heavy atom. The van der Waals surface area contributed by atoms with E-state index in [-0.39, 0.29) is 5.41 Å². The van der Waals surface area contributed by atoms with E-state index in [2.05, 4.69) is 43.0 Å². The van der Waals surface area contributed by atoms with E-state index < -0.39 is 0 Å². The summed E-state index contributed by atoms with van der Waals surface area (Å²) in [4.78, 5) is 8.55. The van der Waals surface area contributed by atoms with Crippen molar-refractivity contribution in [2.24, 2.45) is 11.1 Å². The Morgan fingerprint density at radius 1 is 1.31 bits per heavy atom. The second-order valence-corrected chi connectivity index (χ2v) is 5.22. The van der Waals surface area contributed by atoms with Crippen LogP contribution in [0.25, 0.3) is 0 Å². The van der Waals surface area contributed by atoms with E-state index in [0.717, 1.165) is 12.1 Å². The highest BCUT2D eigenvalue weighted by molar-refractivity contribution is 5.26. The van der Waals surface area contributed by atoms with E-state index in [0.29, 0.717) is 18.4 Å². The number of hydrogen-bond acceptors (Lipinski definition) is 4. The summed E-state index contributed by atoms with van der Waals surface area (Å²) in [6.45, 7) is 9.91. The lowest BCUT2D eigenvalue weighted by Crippen LogP contribution is -2.31. The van der Waals surface area contributed by atoms with Crippen LogP contribution in [0.15, 0.2) is 12.4 Å². The molecular weight excluding hydrogens is 200 g/mol. The molecule has 0 unspecified atom stereocenters. The summed E-state index contributed by atoms with van der Waals surface area (Å²) < 4.78 is 0. The van der Waals surface area contributed by atoms with Gasteiger partial charge in [0, 0.05) is 18.9 Å². The van der Waals surface area contributed by atoms with Gasteiger partial charge in [0.2, 0.25) is 5.95 Å². The van der Waals surface area contributed by atoms with E-state index >= 15 is 0 Å². The third kappa shape index (κ3) is 3.77. The summed E-state index contributed by atoms with van der Waals surface area (Å²) in [6, 6.07) is 0. The van der Waals surface area contributed by atoms with Crippen LogP contribution in [0.2, 0.25) is 0 Å². The molecule has 16 heavy (non-hydrogen) atoms. The molecule has 1 aromatic rings. The van der Waals surface area contributed by atoms with Gasteiger partial charge in [-0.05, 0) is 23.4 Å². The van der Waals surface area contributed by atoms with Gasteiger partial charge in [0.15, 0.2) is 0 Å². The summed E-state index contributed by atoms with van der Waals surface area (Å²) >= 11 is 0. The van der Waals surface area contributed by atoms with Crippen molar-refractivity contribution >= 4 is 5.95 Å². The molecule has 0 bridgehead atoms. The lowest BCUT2D eigenvalue weighted by atomic mass is 9.94. The molecule has 1 rings (SSSR count). The molecule has 0 amide bonds. The first-order valence-corrected chi connectivity index (χ1v) is 5.70. The quantitative estimate of drug-likeness (QED) is 0.799. The van der Waals surface area contributed by atoms with Crippen LogP contribution in [0.5, 0.6) is 0 Å². The summed E-state index contributed by atoms with van der Waals surface area (Å²) in [5, 5.41) is 3.20. The topological polar surface area (TPSA) is 63.8 Å². The maximum Gasteiger partial charge on any atom is 0.222 e. The van der Waals surface area contributed by atoms with Crippen molar-refractivity contribution in [3.63, 3.8) is 0 Å². The molecule has 0 saturated carbocycles. The highest BCUT2D eigenvalue weighted by atomic mass is 15.1. The van der Waals surface area contributed by atoms with Gasteiger partial charge in [-0.2, -0.15) is 0 Å². The van der Waals surface area contributed by atoms with Crippen molar-refractivity contribution in [1.82, 2.24) is 9.97 Å². The summed E-state index contributed by atoms with van der Waals surface area (Å²) in [5.41, 5.74) is 6.88. The Labute approximate surface area is 97.7 Å². The summed E-state index contributed by atoms with van der Waals surface area (Å²) in [6.07, 6.45) is 3.74. The number of aromatic nitrogens is 2. The van der Waals surface area contributed by atoms with Crippen molar-refractivity contribution in [3.8, 4) is 0 Å². The van der Waals surface area contributed by atoms with Crippen molar-refractivity contribution in [2.75, 3.05) is 18.4 Å². The summed E-state index contributed by atoms with van der Waals surface area (Å²) in [5.74, 6) is 1.14. The van der Waals surface area contributed by atoms with Crippen molar-refractivity contribution < 1.29 is 0 Å². The van der Waals surface area contributed by atoms with Crippen molar-refractivity contribution in [3.05, 3.63) is 18.0 Å². The first-order valence-electron chi connectivity index (χ1n) is 5.70. The van der Waals surface area contributed by atoms with Crippen LogP contribution < -0.4 is 11.1 Å². The Bertz CT molecular complexity index is 316. The van der Waals surface area contributed by atoms with E-state index in [4.69, 9.17) is 5.73 Å². The molecule has 0 saturated heterocycles. The zero-order chi connectivity index (χ0) is 12.2. The van der Waals surface area contributed by atoms with Gasteiger partial charge in [0.05, 0.1) is 0 Å². The van der Waals surface area contributed by atoms with E-state index in [1.165, 1.54) is 0 Å². The van der Waals surface area contributed by atoms with Gasteiger partial charge in [0.25, 0.3) is 0 Å². The second kappa shape index (κ2) is 5.25. The number of nitrogens with two attached hydrogens (primary N) is 1. The van der Waals surface area contributed by atoms with E-state index in [1.54, 1.807) is 0 Å². The predicted octanol–water partition coefficient (Wildman–Crippen LogP) is 2.00. The molecular formula is C12H22N4. The van der Waals surface area contributed by atoms with Crippen molar-refractivity contribution in [2.45, 2.75) is 33.6 Å². The molecule has 3 N–H and O–H groups in total. The fourth-order valence-corrected chi connectivity index (χ4v) is 1.12. The summed E-state index contributed by atoms with van der Waals surface area (Å²) in [7, 11) is 0. The standard InChI is InChI=1S/C12H22N4/c1-9(2)10-5-14-11(15-6-10)16-8-12(3,4)7-13/h5-6,9H,7-8,13H2,1-4H3,(H,14,15,16). The van der Waals surface area contributed by atoms with Gasteiger partial charge in [-0.3, -0.25) is 0 Å². The van der Waals surface area contributed by atoms with Crippen LogP contribution in [-0.2, 0) is 0 Å². The smallest absolute Gasteiger partial charge is 0.222 e. The first-order chi connectivity index (χ1) is 7.44. The average molecular weight is 222 g/mol. The molecule has 4 nitrogen and oxygen atoms in total. The monoisotopic (exact) mass is 222 g/mol. The van der Waals surface area contributed by atoms with E-state index in [1.807, 2.05) is 12.4 Å². The molecule has 1 aromatic heterocycles. The number of nitrogens with zero attached hydrogens (tertiary/aromatic N) is 2. The third-order valence-electron chi connectivity index (χ3n) is 2.62. The normalized spacial score (nSPS) is 11.9. The number of anilines is 1. The molecule has 0 aliphatic rings. The zero-order valence-electron chi connectivity index (χ0n) is 10.6.